The van der Waals surface area contributed by atoms with Crippen LogP contribution in [0, 0.1) is 6.92 Å². The van der Waals surface area contributed by atoms with E-state index in [1.807, 2.05) is 13.8 Å². The van der Waals surface area contributed by atoms with E-state index >= 15 is 0 Å². The van der Waals surface area contributed by atoms with Crippen LogP contribution in [0.1, 0.15) is 52.8 Å². The van der Waals surface area contributed by atoms with E-state index in [0.717, 1.165) is 17.8 Å². The standard InChI is InChI=1S/C28H28N2O7S/c1-5-15-37-18-13-11-17(12-14-18)23(31)21-22(19-9-7-8-10-20(19)36-6-2)30(26(33)24(21)32)28-29-16(3)25(38-28)27(34)35-4/h7-14,22,31H,5-6,15H2,1-4H3/b23-21+. The molecule has 10 heteroatoms. The number of carbonyl (C=O) groups excluding carboxylic acids is 3. The van der Waals surface area contributed by atoms with Crippen molar-refractivity contribution in [2.75, 3.05) is 25.2 Å². The molecule has 0 saturated carbocycles. The molecule has 198 valence electrons. The number of hydrogen-bond acceptors (Lipinski definition) is 9. The second-order valence-corrected chi connectivity index (χ2v) is 9.39. The Balaban J connectivity index is 1.90. The monoisotopic (exact) mass is 536 g/mol. The number of rotatable bonds is 9. The van der Waals surface area contributed by atoms with Crippen LogP contribution in [0.3, 0.4) is 0 Å². The molecular formula is C28H28N2O7S. The summed E-state index contributed by atoms with van der Waals surface area (Å²) in [6.45, 7) is 6.33. The van der Waals surface area contributed by atoms with E-state index in [9.17, 15) is 19.5 Å². The predicted molar refractivity (Wildman–Crippen MR) is 143 cm³/mol. The number of esters is 1. The van der Waals surface area contributed by atoms with Crippen LogP contribution in [0.4, 0.5) is 5.13 Å². The van der Waals surface area contributed by atoms with Crippen LogP contribution in [-0.4, -0.2) is 48.1 Å². The summed E-state index contributed by atoms with van der Waals surface area (Å²) in [5.74, 6) is -1.63. The first-order chi connectivity index (χ1) is 18.3. The highest BCUT2D eigenvalue weighted by Gasteiger charge is 2.49. The van der Waals surface area contributed by atoms with Crippen molar-refractivity contribution in [1.29, 1.82) is 0 Å². The second-order valence-electron chi connectivity index (χ2n) is 8.42. The molecule has 2 aromatic carbocycles. The number of ether oxygens (including phenoxy) is 3. The van der Waals surface area contributed by atoms with Crippen LogP contribution < -0.4 is 14.4 Å². The van der Waals surface area contributed by atoms with E-state index in [1.54, 1.807) is 55.5 Å². The molecule has 0 radical (unpaired) electrons. The largest absolute Gasteiger partial charge is 0.507 e. The van der Waals surface area contributed by atoms with Gasteiger partial charge in [-0.3, -0.25) is 14.5 Å². The Hall–Kier alpha value is -4.18. The molecule has 1 aliphatic heterocycles. The molecule has 1 amide bonds. The van der Waals surface area contributed by atoms with Crippen molar-refractivity contribution in [3.05, 3.63) is 75.8 Å². The summed E-state index contributed by atoms with van der Waals surface area (Å²) >= 11 is 0.938. The molecule has 0 spiro atoms. The molecule has 0 bridgehead atoms. The Morgan fingerprint density at radius 2 is 1.79 bits per heavy atom. The molecule has 2 heterocycles. The SMILES string of the molecule is CCCOc1ccc(/C(O)=C2\C(=O)C(=O)N(c3nc(C)c(C(=O)OC)s3)C2c2ccccc2OCC)cc1. The molecule has 1 fully saturated rings. The lowest BCUT2D eigenvalue weighted by atomic mass is 9.94. The molecule has 1 saturated heterocycles. The van der Waals surface area contributed by atoms with Crippen molar-refractivity contribution in [1.82, 2.24) is 4.98 Å². The van der Waals surface area contributed by atoms with Gasteiger partial charge in [0.25, 0.3) is 5.78 Å². The Morgan fingerprint density at radius 1 is 1.08 bits per heavy atom. The number of hydrogen-bond donors (Lipinski definition) is 1. The van der Waals surface area contributed by atoms with Gasteiger partial charge in [-0.1, -0.05) is 36.5 Å². The smallest absolute Gasteiger partial charge is 0.350 e. The molecule has 3 aromatic rings. The van der Waals surface area contributed by atoms with E-state index in [0.29, 0.717) is 41.5 Å². The first kappa shape index (κ1) is 26.9. The second kappa shape index (κ2) is 11.5. The molecule has 1 N–H and O–H groups in total. The highest BCUT2D eigenvalue weighted by atomic mass is 32.1. The molecule has 1 unspecified atom stereocenters. The van der Waals surface area contributed by atoms with Crippen molar-refractivity contribution in [3.8, 4) is 11.5 Å². The number of anilines is 1. The van der Waals surface area contributed by atoms with Gasteiger partial charge in [-0.2, -0.15) is 0 Å². The van der Waals surface area contributed by atoms with Gasteiger partial charge in [-0.05, 0) is 50.6 Å². The Morgan fingerprint density at radius 3 is 2.45 bits per heavy atom. The van der Waals surface area contributed by atoms with Gasteiger partial charge in [-0.25, -0.2) is 9.78 Å². The lowest BCUT2D eigenvalue weighted by molar-refractivity contribution is -0.132. The summed E-state index contributed by atoms with van der Waals surface area (Å²) < 4.78 is 16.3. The van der Waals surface area contributed by atoms with Crippen molar-refractivity contribution < 1.29 is 33.7 Å². The van der Waals surface area contributed by atoms with Crippen LogP contribution in [0.5, 0.6) is 11.5 Å². The fourth-order valence-electron chi connectivity index (χ4n) is 4.17. The number of amides is 1. The third-order valence-electron chi connectivity index (χ3n) is 5.92. The molecule has 1 aromatic heterocycles. The number of thiazole rings is 1. The van der Waals surface area contributed by atoms with Gasteiger partial charge in [-0.15, -0.1) is 0 Å². The zero-order valence-corrected chi connectivity index (χ0v) is 22.3. The molecule has 4 rings (SSSR count). The van der Waals surface area contributed by atoms with Crippen molar-refractivity contribution in [3.63, 3.8) is 0 Å². The fourth-order valence-corrected chi connectivity index (χ4v) is 5.18. The third kappa shape index (κ3) is 4.99. The van der Waals surface area contributed by atoms with Gasteiger partial charge < -0.3 is 19.3 Å². The maximum Gasteiger partial charge on any atom is 0.350 e. The first-order valence-corrected chi connectivity index (χ1v) is 13.0. The number of aromatic nitrogens is 1. The summed E-state index contributed by atoms with van der Waals surface area (Å²) in [4.78, 5) is 45.0. The Labute approximate surface area is 224 Å². The summed E-state index contributed by atoms with van der Waals surface area (Å²) in [7, 11) is 1.25. The van der Waals surface area contributed by atoms with Crippen molar-refractivity contribution in [2.24, 2.45) is 0 Å². The molecule has 1 aliphatic rings. The number of ketones is 1. The van der Waals surface area contributed by atoms with Crippen LogP contribution in [0.2, 0.25) is 0 Å². The lowest BCUT2D eigenvalue weighted by Gasteiger charge is -2.24. The highest BCUT2D eigenvalue weighted by Crippen LogP contribution is 2.46. The van der Waals surface area contributed by atoms with Gasteiger partial charge >= 0.3 is 11.9 Å². The van der Waals surface area contributed by atoms with Crippen LogP contribution in [-0.2, 0) is 14.3 Å². The number of aryl methyl sites for hydroxylation is 1. The number of carbonyl (C=O) groups is 3. The average Bonchev–Trinajstić information content (AvgIpc) is 3.43. The van der Waals surface area contributed by atoms with E-state index in [2.05, 4.69) is 4.98 Å². The summed E-state index contributed by atoms with van der Waals surface area (Å²) in [6.07, 6.45) is 0.846. The number of Topliss-reactive ketones (excluding diaryl/α,β-unsaturated/α-hetero) is 1. The zero-order valence-electron chi connectivity index (χ0n) is 21.5. The number of nitrogens with zero attached hydrogens (tertiary/aromatic N) is 2. The Bertz CT molecular complexity index is 1390. The number of aliphatic hydroxyl groups excluding tert-OH is 1. The van der Waals surface area contributed by atoms with Gasteiger partial charge in [0.2, 0.25) is 0 Å². The Kier molecular flexibility index (Phi) is 8.11. The highest BCUT2D eigenvalue weighted by molar-refractivity contribution is 7.17. The molecule has 1 atom stereocenters. The van der Waals surface area contributed by atoms with E-state index in [4.69, 9.17) is 14.2 Å². The van der Waals surface area contributed by atoms with E-state index in [-0.39, 0.29) is 21.3 Å². The van der Waals surface area contributed by atoms with Crippen molar-refractivity contribution >= 4 is 39.9 Å². The maximum absolute atomic E-state index is 13.5. The number of benzene rings is 2. The number of aliphatic hydroxyl groups is 1. The minimum absolute atomic E-state index is 0.114. The number of methoxy groups -OCH3 is 1. The first-order valence-electron chi connectivity index (χ1n) is 12.1. The van der Waals surface area contributed by atoms with Gasteiger partial charge in [0.1, 0.15) is 28.2 Å². The zero-order chi connectivity index (χ0) is 27.4. The van der Waals surface area contributed by atoms with Gasteiger partial charge in [0, 0.05) is 11.1 Å². The van der Waals surface area contributed by atoms with E-state index in [1.165, 1.54) is 12.0 Å². The van der Waals surface area contributed by atoms with Gasteiger partial charge in [0.05, 0.1) is 31.6 Å². The quantitative estimate of drug-likeness (QED) is 0.175. The lowest BCUT2D eigenvalue weighted by Crippen LogP contribution is -2.29. The van der Waals surface area contributed by atoms with Crippen LogP contribution >= 0.6 is 11.3 Å². The van der Waals surface area contributed by atoms with Crippen molar-refractivity contribution in [2.45, 2.75) is 33.2 Å². The minimum Gasteiger partial charge on any atom is -0.507 e. The summed E-state index contributed by atoms with van der Waals surface area (Å²) in [6, 6.07) is 12.6. The van der Waals surface area contributed by atoms with Crippen LogP contribution in [0.15, 0.2) is 54.1 Å². The predicted octanol–water partition coefficient (Wildman–Crippen LogP) is 5.05. The van der Waals surface area contributed by atoms with E-state index < -0.39 is 23.7 Å². The summed E-state index contributed by atoms with van der Waals surface area (Å²) in [5.41, 5.74) is 1.08. The normalized spacial score (nSPS) is 16.5. The van der Waals surface area contributed by atoms with Gasteiger partial charge in [0.15, 0.2) is 5.13 Å². The molecule has 38 heavy (non-hydrogen) atoms. The fraction of sp³-hybridized carbons (Fsp3) is 0.286. The van der Waals surface area contributed by atoms with Crippen LogP contribution in [0.25, 0.3) is 5.76 Å². The molecular weight excluding hydrogens is 508 g/mol. The average molecular weight is 537 g/mol. The minimum atomic E-state index is -1.05. The molecule has 0 aliphatic carbocycles. The number of para-hydroxylation sites is 1. The topological polar surface area (TPSA) is 115 Å². The third-order valence-corrected chi connectivity index (χ3v) is 7.06. The summed E-state index contributed by atoms with van der Waals surface area (Å²) in [5, 5.41) is 11.5. The molecule has 9 nitrogen and oxygen atoms in total. The maximum atomic E-state index is 13.5.